The summed E-state index contributed by atoms with van der Waals surface area (Å²) < 4.78 is 0. The number of anilines is 1. The van der Waals surface area contributed by atoms with Crippen molar-refractivity contribution in [2.24, 2.45) is 5.41 Å². The van der Waals surface area contributed by atoms with Crippen LogP contribution < -0.4 is 10.2 Å². The Morgan fingerprint density at radius 3 is 2.42 bits per heavy atom. The smallest absolute Gasteiger partial charge is 0.0991 e. The first-order chi connectivity index (χ1) is 9.02. The molecule has 3 heteroatoms. The Balaban J connectivity index is 1.86. The first kappa shape index (κ1) is 12.5. The van der Waals surface area contributed by atoms with Crippen molar-refractivity contribution in [3.05, 3.63) is 29.8 Å². The zero-order valence-corrected chi connectivity index (χ0v) is 11.7. The lowest BCUT2D eigenvalue weighted by Crippen LogP contribution is -2.46. The highest BCUT2D eigenvalue weighted by molar-refractivity contribution is 5.51. The number of benzene rings is 1. The maximum absolute atomic E-state index is 8.89. The lowest BCUT2D eigenvalue weighted by molar-refractivity contribution is 0.389. The summed E-state index contributed by atoms with van der Waals surface area (Å²) in [4.78, 5) is 2.48. The highest BCUT2D eigenvalue weighted by Gasteiger charge is 2.47. The van der Waals surface area contributed by atoms with E-state index in [4.69, 9.17) is 5.26 Å². The molecule has 3 rings (SSSR count). The molecule has 1 saturated heterocycles. The first-order valence-corrected chi connectivity index (χ1v) is 7.02. The van der Waals surface area contributed by atoms with Gasteiger partial charge in [0.05, 0.1) is 11.6 Å². The minimum Gasteiger partial charge on any atom is -0.369 e. The van der Waals surface area contributed by atoms with Gasteiger partial charge in [-0.1, -0.05) is 0 Å². The summed E-state index contributed by atoms with van der Waals surface area (Å²) in [5, 5.41) is 12.6. The minimum atomic E-state index is 0.139. The monoisotopic (exact) mass is 255 g/mol. The number of hydrogen-bond donors (Lipinski definition) is 1. The van der Waals surface area contributed by atoms with Crippen LogP contribution in [0.2, 0.25) is 0 Å². The number of nitriles is 1. The molecular weight excluding hydrogens is 234 g/mol. The van der Waals surface area contributed by atoms with Crippen LogP contribution in [-0.4, -0.2) is 25.2 Å². The Hall–Kier alpha value is -1.53. The average molecular weight is 255 g/mol. The van der Waals surface area contributed by atoms with Crippen LogP contribution >= 0.6 is 0 Å². The van der Waals surface area contributed by atoms with Crippen LogP contribution in [0.4, 0.5) is 5.69 Å². The maximum atomic E-state index is 8.89. The number of hydrogen-bond acceptors (Lipinski definition) is 3. The van der Waals surface area contributed by atoms with Crippen molar-refractivity contribution >= 4 is 5.69 Å². The zero-order chi connectivity index (χ0) is 13.5. The number of rotatable bonds is 1. The molecule has 1 heterocycles. The van der Waals surface area contributed by atoms with E-state index in [9.17, 15) is 0 Å². The minimum absolute atomic E-state index is 0.139. The molecule has 0 bridgehead atoms. The Morgan fingerprint density at radius 2 is 1.84 bits per heavy atom. The second-order valence-electron chi connectivity index (χ2n) is 6.75. The molecule has 100 valence electrons. The largest absolute Gasteiger partial charge is 0.369 e. The van der Waals surface area contributed by atoms with Gasteiger partial charge >= 0.3 is 0 Å². The quantitative estimate of drug-likeness (QED) is 0.838. The Kier molecular flexibility index (Phi) is 2.79. The standard InChI is InChI=1S/C16H21N3/c1-15(2)11-19(12-16(7-8-16)10-18-15)14-5-3-13(9-17)4-6-14/h3-6,18H,7-8,10-12H2,1-2H3. The van der Waals surface area contributed by atoms with E-state index in [1.807, 2.05) is 12.1 Å². The molecule has 3 nitrogen and oxygen atoms in total. The summed E-state index contributed by atoms with van der Waals surface area (Å²) in [6.45, 7) is 7.82. The van der Waals surface area contributed by atoms with Crippen molar-refractivity contribution in [1.82, 2.24) is 5.32 Å². The summed E-state index contributed by atoms with van der Waals surface area (Å²) in [5.41, 5.74) is 2.60. The third-order valence-corrected chi connectivity index (χ3v) is 4.37. The van der Waals surface area contributed by atoms with Crippen molar-refractivity contribution in [2.75, 3.05) is 24.5 Å². The van der Waals surface area contributed by atoms with Gasteiger partial charge < -0.3 is 10.2 Å². The molecule has 0 unspecified atom stereocenters. The Bertz CT molecular complexity index is 498. The van der Waals surface area contributed by atoms with E-state index in [1.165, 1.54) is 18.5 Å². The normalized spacial score (nSPS) is 23.7. The van der Waals surface area contributed by atoms with Gasteiger partial charge in [-0.25, -0.2) is 0 Å². The SMILES string of the molecule is CC1(C)CN(c2ccc(C#N)cc2)CC2(CC2)CN1. The second kappa shape index (κ2) is 4.25. The molecule has 1 aliphatic carbocycles. The van der Waals surface area contributed by atoms with Crippen molar-refractivity contribution in [3.63, 3.8) is 0 Å². The molecule has 19 heavy (non-hydrogen) atoms. The summed E-state index contributed by atoms with van der Waals surface area (Å²) in [6, 6.07) is 10.2. The molecule has 0 atom stereocenters. The molecule has 2 aliphatic rings. The number of nitrogens with zero attached hydrogens (tertiary/aromatic N) is 2. The fraction of sp³-hybridized carbons (Fsp3) is 0.562. The molecule has 0 amide bonds. The van der Waals surface area contributed by atoms with E-state index in [-0.39, 0.29) is 5.54 Å². The summed E-state index contributed by atoms with van der Waals surface area (Å²) in [7, 11) is 0. The van der Waals surface area contributed by atoms with E-state index in [0.29, 0.717) is 5.41 Å². The van der Waals surface area contributed by atoms with Gasteiger partial charge in [0.25, 0.3) is 0 Å². The molecule has 1 N–H and O–H groups in total. The van der Waals surface area contributed by atoms with Crippen LogP contribution in [0.3, 0.4) is 0 Å². The van der Waals surface area contributed by atoms with E-state index in [2.05, 4.69) is 42.3 Å². The molecule has 1 saturated carbocycles. The van der Waals surface area contributed by atoms with Crippen LogP contribution in [0.25, 0.3) is 0 Å². The van der Waals surface area contributed by atoms with Crippen LogP contribution in [0.1, 0.15) is 32.3 Å². The zero-order valence-electron chi connectivity index (χ0n) is 11.7. The van der Waals surface area contributed by atoms with Crippen LogP contribution in [0.15, 0.2) is 24.3 Å². The second-order valence-corrected chi connectivity index (χ2v) is 6.75. The first-order valence-electron chi connectivity index (χ1n) is 7.02. The van der Waals surface area contributed by atoms with Crippen LogP contribution in [0, 0.1) is 16.7 Å². The molecule has 1 aromatic carbocycles. The highest BCUT2D eigenvalue weighted by atomic mass is 15.2. The van der Waals surface area contributed by atoms with E-state index in [1.54, 1.807) is 0 Å². The molecule has 0 aromatic heterocycles. The van der Waals surface area contributed by atoms with Gasteiger partial charge in [-0.2, -0.15) is 5.26 Å². The predicted octanol–water partition coefficient (Wildman–Crippen LogP) is 2.53. The summed E-state index contributed by atoms with van der Waals surface area (Å²) in [6.07, 6.45) is 2.67. The van der Waals surface area contributed by atoms with Gasteiger partial charge in [0, 0.05) is 36.3 Å². The maximum Gasteiger partial charge on any atom is 0.0991 e. The summed E-state index contributed by atoms with van der Waals surface area (Å²) in [5.74, 6) is 0. The number of nitrogens with one attached hydrogen (secondary N) is 1. The van der Waals surface area contributed by atoms with Gasteiger partial charge in [0.1, 0.15) is 0 Å². The molecular formula is C16H21N3. The predicted molar refractivity (Wildman–Crippen MR) is 77.1 cm³/mol. The van der Waals surface area contributed by atoms with Gasteiger partial charge in [-0.15, -0.1) is 0 Å². The average Bonchev–Trinajstić information content (AvgIpc) is 3.17. The third-order valence-electron chi connectivity index (χ3n) is 4.37. The van der Waals surface area contributed by atoms with Crippen molar-refractivity contribution < 1.29 is 0 Å². The van der Waals surface area contributed by atoms with Gasteiger partial charge in [-0.05, 0) is 51.0 Å². The molecule has 1 aromatic rings. The van der Waals surface area contributed by atoms with Crippen LogP contribution in [0.5, 0.6) is 0 Å². The summed E-state index contributed by atoms with van der Waals surface area (Å²) >= 11 is 0. The third kappa shape index (κ3) is 2.59. The fourth-order valence-corrected chi connectivity index (χ4v) is 2.92. The molecule has 2 fully saturated rings. The van der Waals surface area contributed by atoms with Gasteiger partial charge in [-0.3, -0.25) is 0 Å². The Labute approximate surface area is 115 Å². The van der Waals surface area contributed by atoms with Gasteiger partial charge in [0.15, 0.2) is 0 Å². The highest BCUT2D eigenvalue weighted by Crippen LogP contribution is 2.47. The lowest BCUT2D eigenvalue weighted by Gasteiger charge is -2.31. The van der Waals surface area contributed by atoms with Crippen molar-refractivity contribution in [2.45, 2.75) is 32.2 Å². The molecule has 1 spiro atoms. The molecule has 0 radical (unpaired) electrons. The van der Waals surface area contributed by atoms with E-state index in [0.717, 1.165) is 25.2 Å². The van der Waals surface area contributed by atoms with Crippen molar-refractivity contribution in [1.29, 1.82) is 5.26 Å². The fourth-order valence-electron chi connectivity index (χ4n) is 2.92. The van der Waals surface area contributed by atoms with E-state index < -0.39 is 0 Å². The van der Waals surface area contributed by atoms with Crippen LogP contribution in [-0.2, 0) is 0 Å². The topological polar surface area (TPSA) is 39.1 Å². The van der Waals surface area contributed by atoms with Crippen molar-refractivity contribution in [3.8, 4) is 6.07 Å². The molecule has 1 aliphatic heterocycles. The Morgan fingerprint density at radius 1 is 1.16 bits per heavy atom. The lowest BCUT2D eigenvalue weighted by atomic mass is 10.1. The van der Waals surface area contributed by atoms with E-state index >= 15 is 0 Å². The van der Waals surface area contributed by atoms with Gasteiger partial charge in [0.2, 0.25) is 0 Å².